The lowest BCUT2D eigenvalue weighted by Gasteiger charge is -2.10. The van der Waals surface area contributed by atoms with E-state index < -0.39 is 0 Å². The van der Waals surface area contributed by atoms with Crippen molar-refractivity contribution in [2.75, 3.05) is 5.32 Å². The summed E-state index contributed by atoms with van der Waals surface area (Å²) >= 11 is 1.61. The Kier molecular flexibility index (Phi) is 4.41. The van der Waals surface area contributed by atoms with Gasteiger partial charge in [0, 0.05) is 11.8 Å². The number of amides is 1. The lowest BCUT2D eigenvalue weighted by molar-refractivity contribution is -0.115. The number of carbonyl (C=O) groups excluding carboxylic acids is 1. The van der Waals surface area contributed by atoms with Crippen LogP contribution in [0.15, 0.2) is 42.6 Å². The van der Waals surface area contributed by atoms with E-state index in [0.29, 0.717) is 5.82 Å². The van der Waals surface area contributed by atoms with Gasteiger partial charge in [0.25, 0.3) is 0 Å². The van der Waals surface area contributed by atoms with E-state index in [1.54, 1.807) is 24.0 Å². The van der Waals surface area contributed by atoms with Crippen LogP contribution in [-0.4, -0.2) is 21.4 Å². The first-order chi connectivity index (χ1) is 8.75. The van der Waals surface area contributed by atoms with Crippen molar-refractivity contribution in [2.45, 2.75) is 17.9 Å². The number of nitrogens with zero attached hydrogens (tertiary/aromatic N) is 1. The third-order valence-corrected chi connectivity index (χ3v) is 3.68. The molecule has 4 nitrogen and oxygen atoms in total. The zero-order valence-electron chi connectivity index (χ0n) is 10.1. The maximum Gasteiger partial charge on any atom is 0.238 e. The van der Waals surface area contributed by atoms with Gasteiger partial charge in [0.05, 0.1) is 11.4 Å². The smallest absolute Gasteiger partial charge is 0.238 e. The third kappa shape index (κ3) is 3.63. The molecule has 0 aliphatic rings. The molecule has 0 unspecified atom stereocenters. The molecule has 0 saturated heterocycles. The lowest BCUT2D eigenvalue weighted by Crippen LogP contribution is -2.22. The standard InChI is InChI=1S/C13H15N3OS/c1-10(13(17)15-12-7-8-14-16-12)18-9-11-5-3-2-4-6-11/h2-8,10H,9H2,1H3,(H2,14,15,16,17)/t10-/m1/s1. The fraction of sp³-hybridized carbons (Fsp3) is 0.231. The first kappa shape index (κ1) is 12.7. The molecule has 0 fully saturated rings. The van der Waals surface area contributed by atoms with E-state index in [2.05, 4.69) is 27.6 Å². The predicted molar refractivity (Wildman–Crippen MR) is 74.4 cm³/mol. The van der Waals surface area contributed by atoms with E-state index in [-0.39, 0.29) is 11.2 Å². The van der Waals surface area contributed by atoms with Crippen molar-refractivity contribution in [1.29, 1.82) is 0 Å². The summed E-state index contributed by atoms with van der Waals surface area (Å²) < 4.78 is 0. The molecule has 2 rings (SSSR count). The summed E-state index contributed by atoms with van der Waals surface area (Å²) in [6, 6.07) is 11.9. The van der Waals surface area contributed by atoms with Crippen LogP contribution in [0.25, 0.3) is 0 Å². The van der Waals surface area contributed by atoms with Gasteiger partial charge in [-0.25, -0.2) is 0 Å². The molecule has 0 saturated carbocycles. The Morgan fingerprint density at radius 3 is 2.83 bits per heavy atom. The number of rotatable bonds is 5. The van der Waals surface area contributed by atoms with Crippen molar-refractivity contribution in [3.8, 4) is 0 Å². The average Bonchev–Trinajstić information content (AvgIpc) is 2.90. The Morgan fingerprint density at radius 1 is 1.39 bits per heavy atom. The zero-order chi connectivity index (χ0) is 12.8. The van der Waals surface area contributed by atoms with E-state index in [1.807, 2.05) is 25.1 Å². The molecule has 5 heteroatoms. The van der Waals surface area contributed by atoms with Crippen LogP contribution >= 0.6 is 11.8 Å². The number of aromatic nitrogens is 2. The molecule has 1 aromatic heterocycles. The van der Waals surface area contributed by atoms with Gasteiger partial charge < -0.3 is 5.32 Å². The first-order valence-electron chi connectivity index (χ1n) is 5.71. The van der Waals surface area contributed by atoms with Crippen molar-refractivity contribution in [2.24, 2.45) is 0 Å². The second kappa shape index (κ2) is 6.26. The van der Waals surface area contributed by atoms with Crippen molar-refractivity contribution in [3.05, 3.63) is 48.2 Å². The molecule has 0 bridgehead atoms. The van der Waals surface area contributed by atoms with Gasteiger partial charge in [-0.3, -0.25) is 9.89 Å². The topological polar surface area (TPSA) is 57.8 Å². The largest absolute Gasteiger partial charge is 0.310 e. The van der Waals surface area contributed by atoms with Crippen LogP contribution in [0.2, 0.25) is 0 Å². The summed E-state index contributed by atoms with van der Waals surface area (Å²) in [5.74, 6) is 1.45. The van der Waals surface area contributed by atoms with Gasteiger partial charge in [0.1, 0.15) is 5.82 Å². The Bertz CT molecular complexity index is 484. The number of carbonyl (C=O) groups is 1. The number of hydrogen-bond donors (Lipinski definition) is 2. The average molecular weight is 261 g/mol. The second-order valence-electron chi connectivity index (χ2n) is 3.90. The normalized spacial score (nSPS) is 12.1. The molecule has 0 spiro atoms. The number of thioether (sulfide) groups is 1. The van der Waals surface area contributed by atoms with Crippen molar-refractivity contribution >= 4 is 23.5 Å². The number of H-pyrrole nitrogens is 1. The Labute approximate surface area is 110 Å². The minimum Gasteiger partial charge on any atom is -0.310 e. The van der Waals surface area contributed by atoms with Crippen molar-refractivity contribution < 1.29 is 4.79 Å². The molecule has 1 amide bonds. The fourth-order valence-electron chi connectivity index (χ4n) is 1.43. The molecule has 18 heavy (non-hydrogen) atoms. The highest BCUT2D eigenvalue weighted by Gasteiger charge is 2.13. The zero-order valence-corrected chi connectivity index (χ0v) is 10.9. The number of benzene rings is 1. The van der Waals surface area contributed by atoms with Crippen molar-refractivity contribution in [1.82, 2.24) is 10.2 Å². The first-order valence-corrected chi connectivity index (χ1v) is 6.76. The quantitative estimate of drug-likeness (QED) is 0.870. The van der Waals surface area contributed by atoms with Crippen LogP contribution < -0.4 is 5.32 Å². The highest BCUT2D eigenvalue weighted by Crippen LogP contribution is 2.18. The summed E-state index contributed by atoms with van der Waals surface area (Å²) in [5, 5.41) is 9.16. The van der Waals surface area contributed by atoms with Crippen LogP contribution in [-0.2, 0) is 10.5 Å². The predicted octanol–water partition coefficient (Wildman–Crippen LogP) is 2.67. The highest BCUT2D eigenvalue weighted by atomic mass is 32.2. The summed E-state index contributed by atoms with van der Waals surface area (Å²) in [6.07, 6.45) is 1.61. The minimum absolute atomic E-state index is 0.0137. The maximum atomic E-state index is 11.9. The monoisotopic (exact) mass is 261 g/mol. The van der Waals surface area contributed by atoms with Gasteiger partial charge in [-0.1, -0.05) is 30.3 Å². The third-order valence-electron chi connectivity index (χ3n) is 2.47. The summed E-state index contributed by atoms with van der Waals surface area (Å²) in [5.41, 5.74) is 1.23. The van der Waals surface area contributed by atoms with E-state index in [1.165, 1.54) is 5.56 Å². The summed E-state index contributed by atoms with van der Waals surface area (Å²) in [7, 11) is 0. The molecular formula is C13H15N3OS. The van der Waals surface area contributed by atoms with Crippen LogP contribution in [0.4, 0.5) is 5.82 Å². The summed E-state index contributed by atoms with van der Waals surface area (Å²) in [6.45, 7) is 1.90. The molecule has 1 aromatic carbocycles. The van der Waals surface area contributed by atoms with Crippen LogP contribution in [0.3, 0.4) is 0 Å². The Balaban J connectivity index is 1.81. The lowest BCUT2D eigenvalue weighted by atomic mass is 10.2. The van der Waals surface area contributed by atoms with Gasteiger partial charge in [0.2, 0.25) is 5.91 Å². The molecule has 1 atom stereocenters. The number of hydrogen-bond acceptors (Lipinski definition) is 3. The van der Waals surface area contributed by atoms with Crippen LogP contribution in [0, 0.1) is 0 Å². The molecule has 2 N–H and O–H groups in total. The summed E-state index contributed by atoms with van der Waals surface area (Å²) in [4.78, 5) is 11.9. The molecule has 0 aliphatic heterocycles. The second-order valence-corrected chi connectivity index (χ2v) is 5.23. The number of nitrogens with one attached hydrogen (secondary N) is 2. The molecule has 0 radical (unpaired) electrons. The van der Waals surface area contributed by atoms with E-state index in [4.69, 9.17) is 0 Å². The SMILES string of the molecule is C[C@@H](SCc1ccccc1)C(=O)Nc1ccn[nH]1. The molecular weight excluding hydrogens is 246 g/mol. The molecule has 1 heterocycles. The molecule has 2 aromatic rings. The van der Waals surface area contributed by atoms with Gasteiger partial charge >= 0.3 is 0 Å². The molecule has 0 aliphatic carbocycles. The van der Waals surface area contributed by atoms with Gasteiger partial charge in [0.15, 0.2) is 0 Å². The fourth-order valence-corrected chi connectivity index (χ4v) is 2.28. The van der Waals surface area contributed by atoms with Gasteiger partial charge in [-0.05, 0) is 12.5 Å². The highest BCUT2D eigenvalue weighted by molar-refractivity contribution is 7.99. The van der Waals surface area contributed by atoms with Gasteiger partial charge in [-0.2, -0.15) is 5.10 Å². The Morgan fingerprint density at radius 2 is 2.17 bits per heavy atom. The maximum absolute atomic E-state index is 11.9. The minimum atomic E-state index is -0.103. The Hall–Kier alpha value is -1.75. The van der Waals surface area contributed by atoms with Gasteiger partial charge in [-0.15, -0.1) is 11.8 Å². The van der Waals surface area contributed by atoms with Crippen LogP contribution in [0.5, 0.6) is 0 Å². The van der Waals surface area contributed by atoms with E-state index in [9.17, 15) is 4.79 Å². The van der Waals surface area contributed by atoms with E-state index >= 15 is 0 Å². The number of anilines is 1. The molecule has 94 valence electrons. The van der Waals surface area contributed by atoms with E-state index in [0.717, 1.165) is 5.75 Å². The van der Waals surface area contributed by atoms with Crippen molar-refractivity contribution in [3.63, 3.8) is 0 Å². The number of aromatic amines is 1. The van der Waals surface area contributed by atoms with Crippen LogP contribution in [0.1, 0.15) is 12.5 Å².